The molecule has 27 heavy (non-hydrogen) atoms. The first-order chi connectivity index (χ1) is 11.8. The highest BCUT2D eigenvalue weighted by Gasteiger charge is 2.79. The van der Waals surface area contributed by atoms with E-state index in [1.165, 1.54) is 0 Å². The fraction of sp³-hybridized carbons (Fsp3) is 0.417. The van der Waals surface area contributed by atoms with E-state index in [1.54, 1.807) is 0 Å². The van der Waals surface area contributed by atoms with Gasteiger partial charge in [-0.05, 0) is 24.3 Å². The minimum Gasteiger partial charge on any atom is -0.321 e. The molecule has 1 atom stereocenters. The summed E-state index contributed by atoms with van der Waals surface area (Å²) in [6.07, 6.45) is -21.1. The summed E-state index contributed by atoms with van der Waals surface area (Å²) in [4.78, 5) is 11.3. The lowest BCUT2D eigenvalue weighted by Gasteiger charge is -2.34. The maximum absolute atomic E-state index is 13.9. The van der Waals surface area contributed by atoms with Crippen molar-refractivity contribution in [1.82, 2.24) is 0 Å². The third-order valence-corrected chi connectivity index (χ3v) is 2.75. The molecular weight excluding hydrogens is 418 g/mol. The predicted octanol–water partition coefficient (Wildman–Crippen LogP) is 4.80. The summed E-state index contributed by atoms with van der Waals surface area (Å²) in [7, 11) is 0. The quantitative estimate of drug-likeness (QED) is 0.692. The van der Waals surface area contributed by atoms with Crippen LogP contribution < -0.4 is 5.32 Å². The molecule has 3 nitrogen and oxygen atoms in total. The van der Waals surface area contributed by atoms with Crippen LogP contribution in [0.1, 0.15) is 0 Å². The molecule has 0 fully saturated rings. The maximum atomic E-state index is 13.9. The molecule has 0 aliphatic carbocycles. The summed E-state index contributed by atoms with van der Waals surface area (Å²) < 4.78 is 154. The van der Waals surface area contributed by atoms with Crippen molar-refractivity contribution in [2.24, 2.45) is 0 Å². The number of benzene rings is 1. The summed E-state index contributed by atoms with van der Waals surface area (Å²) >= 11 is 0. The molecule has 1 rings (SSSR count). The first-order valence-corrected chi connectivity index (χ1v) is 6.20. The van der Waals surface area contributed by atoms with Gasteiger partial charge in [-0.15, -0.1) is 0 Å². The van der Waals surface area contributed by atoms with Gasteiger partial charge in [0.1, 0.15) is 5.82 Å². The smallest absolute Gasteiger partial charge is 0.321 e. The number of alkyl halides is 11. The number of nitrogens with one attached hydrogen (secondary N) is 1. The van der Waals surface area contributed by atoms with E-state index in [4.69, 9.17) is 0 Å². The second-order valence-corrected chi connectivity index (χ2v) is 4.75. The van der Waals surface area contributed by atoms with E-state index in [2.05, 4.69) is 4.74 Å². The number of hydrogen-bond acceptors (Lipinski definition) is 2. The van der Waals surface area contributed by atoms with Gasteiger partial charge in [-0.1, -0.05) is 0 Å². The number of halogens is 12. The lowest BCUT2D eigenvalue weighted by Crippen LogP contribution is -2.62. The topological polar surface area (TPSA) is 38.3 Å². The normalized spacial score (nSPS) is 16.0. The summed E-state index contributed by atoms with van der Waals surface area (Å²) in [5, 5.41) is 0.944. The van der Waals surface area contributed by atoms with Crippen LogP contribution in [0, 0.1) is 5.82 Å². The van der Waals surface area contributed by atoms with E-state index in [9.17, 15) is 57.5 Å². The van der Waals surface area contributed by atoms with Crippen molar-refractivity contribution in [2.75, 3.05) is 5.32 Å². The van der Waals surface area contributed by atoms with Gasteiger partial charge in [0.05, 0.1) is 0 Å². The molecule has 1 aromatic rings. The van der Waals surface area contributed by atoms with Crippen molar-refractivity contribution < 1.29 is 62.2 Å². The van der Waals surface area contributed by atoms with Crippen LogP contribution in [0.4, 0.5) is 58.4 Å². The molecule has 0 aromatic heterocycles. The number of hydrogen-bond donors (Lipinski definition) is 1. The highest BCUT2D eigenvalue weighted by molar-refractivity contribution is 5.96. The number of anilines is 1. The Balaban J connectivity index is 3.27. The molecule has 0 aliphatic rings. The van der Waals surface area contributed by atoms with E-state index in [-0.39, 0.29) is 0 Å². The van der Waals surface area contributed by atoms with Crippen molar-refractivity contribution in [3.05, 3.63) is 30.1 Å². The first kappa shape index (κ1) is 22.9. The Morgan fingerprint density at radius 3 is 1.59 bits per heavy atom. The van der Waals surface area contributed by atoms with Crippen LogP contribution in [0.15, 0.2) is 24.3 Å². The molecular formula is C12H5F12NO2. The number of carbonyl (C=O) groups excluding carboxylic acids is 1. The van der Waals surface area contributed by atoms with Gasteiger partial charge in [0, 0.05) is 5.69 Å². The average Bonchev–Trinajstić information content (AvgIpc) is 2.46. The minimum atomic E-state index is -7.28. The molecule has 154 valence electrons. The van der Waals surface area contributed by atoms with E-state index in [0.29, 0.717) is 24.3 Å². The zero-order valence-electron chi connectivity index (χ0n) is 12.2. The van der Waals surface area contributed by atoms with Crippen LogP contribution in [0.5, 0.6) is 0 Å². The van der Waals surface area contributed by atoms with Gasteiger partial charge in [0.2, 0.25) is 0 Å². The predicted molar refractivity (Wildman–Crippen MR) is 62.0 cm³/mol. The van der Waals surface area contributed by atoms with Crippen LogP contribution >= 0.6 is 0 Å². The number of rotatable bonds is 5. The highest BCUT2D eigenvalue weighted by Crippen LogP contribution is 2.51. The van der Waals surface area contributed by atoms with Gasteiger partial charge >= 0.3 is 30.2 Å². The van der Waals surface area contributed by atoms with E-state index >= 15 is 0 Å². The molecule has 0 heterocycles. The molecule has 0 spiro atoms. The third-order valence-electron chi connectivity index (χ3n) is 2.75. The van der Waals surface area contributed by atoms with E-state index < -0.39 is 47.7 Å². The van der Waals surface area contributed by atoms with Crippen molar-refractivity contribution in [1.29, 1.82) is 0 Å². The van der Waals surface area contributed by atoms with E-state index in [0.717, 1.165) is 5.32 Å². The first-order valence-electron chi connectivity index (χ1n) is 6.20. The van der Waals surface area contributed by atoms with Gasteiger partial charge < -0.3 is 5.32 Å². The van der Waals surface area contributed by atoms with Crippen molar-refractivity contribution in [3.8, 4) is 0 Å². The second-order valence-electron chi connectivity index (χ2n) is 4.75. The summed E-state index contributed by atoms with van der Waals surface area (Å²) in [6.45, 7) is 0. The molecule has 0 unspecified atom stereocenters. The van der Waals surface area contributed by atoms with Crippen LogP contribution in [0.3, 0.4) is 0 Å². The van der Waals surface area contributed by atoms with E-state index in [1.807, 2.05) is 0 Å². The molecule has 1 amide bonds. The molecule has 1 N–H and O–H groups in total. The minimum absolute atomic E-state index is 0.506. The van der Waals surface area contributed by atoms with Crippen LogP contribution in [0.25, 0.3) is 0 Å². The Kier molecular flexibility index (Phi) is 5.72. The fourth-order valence-electron chi connectivity index (χ4n) is 1.38. The zero-order chi connectivity index (χ0) is 21.5. The molecule has 0 aliphatic heterocycles. The SMILES string of the molecule is O=C(Nc1ccc(F)cc1)[C@@](F)(OC(F)(F)C(F)(F)C(F)(F)F)C(F)(F)F. The number of carbonyl (C=O) groups is 1. The molecule has 0 saturated carbocycles. The molecule has 15 heteroatoms. The Labute approximate surface area is 140 Å². The third kappa shape index (κ3) is 4.39. The Hall–Kier alpha value is -2.19. The lowest BCUT2D eigenvalue weighted by molar-refractivity contribution is -0.472. The molecule has 0 bridgehead atoms. The van der Waals surface area contributed by atoms with Crippen LogP contribution in [-0.2, 0) is 9.53 Å². The van der Waals surface area contributed by atoms with Gasteiger partial charge in [-0.3, -0.25) is 9.53 Å². The van der Waals surface area contributed by atoms with Gasteiger partial charge in [0.15, 0.2) is 0 Å². The van der Waals surface area contributed by atoms with Crippen molar-refractivity contribution >= 4 is 11.6 Å². The lowest BCUT2D eigenvalue weighted by atomic mass is 10.2. The Bertz CT molecular complexity index is 681. The highest BCUT2D eigenvalue weighted by atomic mass is 19.4. The Morgan fingerprint density at radius 1 is 0.778 bits per heavy atom. The zero-order valence-corrected chi connectivity index (χ0v) is 12.2. The van der Waals surface area contributed by atoms with Crippen LogP contribution in [0.2, 0.25) is 0 Å². The average molecular weight is 423 g/mol. The largest absolute Gasteiger partial charge is 0.462 e. The summed E-state index contributed by atoms with van der Waals surface area (Å²) in [5.74, 6) is -17.8. The summed E-state index contributed by atoms with van der Waals surface area (Å²) in [6, 6.07) is 2.03. The number of amides is 1. The molecule has 0 saturated heterocycles. The van der Waals surface area contributed by atoms with Crippen molar-refractivity contribution in [2.45, 2.75) is 30.2 Å². The second kappa shape index (κ2) is 6.76. The van der Waals surface area contributed by atoms with Gasteiger partial charge in [-0.25, -0.2) is 4.39 Å². The fourth-order valence-corrected chi connectivity index (χ4v) is 1.38. The monoisotopic (exact) mass is 423 g/mol. The standard InChI is InChI=1S/C12H5F12NO2/c13-5-1-3-6(4-2-5)25-7(26)8(14,10(17,18)19)27-12(23,24)9(15,16)11(20,21)22/h1-4H,(H,25,26)/t8-/m1/s1. The Morgan fingerprint density at radius 2 is 1.22 bits per heavy atom. The molecule has 0 radical (unpaired) electrons. The maximum Gasteiger partial charge on any atom is 0.462 e. The number of ether oxygens (including phenoxy) is 1. The van der Waals surface area contributed by atoms with Crippen molar-refractivity contribution in [3.63, 3.8) is 0 Å². The molecule has 1 aromatic carbocycles. The van der Waals surface area contributed by atoms with Gasteiger partial charge in [0.25, 0.3) is 5.91 Å². The van der Waals surface area contributed by atoms with Gasteiger partial charge in [-0.2, -0.15) is 48.3 Å². The van der Waals surface area contributed by atoms with Crippen LogP contribution in [-0.4, -0.2) is 36.1 Å². The summed E-state index contributed by atoms with van der Waals surface area (Å²) in [5.41, 5.74) is -0.845.